The molecule has 0 bridgehead atoms. The predicted molar refractivity (Wildman–Crippen MR) is 78.0 cm³/mol. The molecular weight excluding hydrogens is 367 g/mol. The molecule has 0 amide bonds. The van der Waals surface area contributed by atoms with Gasteiger partial charge >= 0.3 is 0 Å². The van der Waals surface area contributed by atoms with Crippen LogP contribution in [0.1, 0.15) is 0 Å². The lowest BCUT2D eigenvalue weighted by molar-refractivity contribution is -0.384. The molecule has 2 aromatic rings. The van der Waals surface area contributed by atoms with E-state index >= 15 is 0 Å². The van der Waals surface area contributed by atoms with Crippen molar-refractivity contribution in [1.82, 2.24) is 0 Å². The third kappa shape index (κ3) is 3.56. The van der Waals surface area contributed by atoms with E-state index in [0.29, 0.717) is 0 Å². The van der Waals surface area contributed by atoms with Crippen LogP contribution in [-0.2, 0) is 10.0 Å². The molecule has 0 aromatic heterocycles. The zero-order valence-electron chi connectivity index (χ0n) is 10.3. The van der Waals surface area contributed by atoms with Gasteiger partial charge in [-0.3, -0.25) is 14.8 Å². The first kappa shape index (κ1) is 15.4. The van der Waals surface area contributed by atoms with Gasteiger partial charge in [-0.25, -0.2) is 12.8 Å². The molecule has 0 aliphatic heterocycles. The minimum atomic E-state index is -3.90. The van der Waals surface area contributed by atoms with E-state index in [9.17, 15) is 22.9 Å². The summed E-state index contributed by atoms with van der Waals surface area (Å²) in [7, 11) is -3.90. The fourth-order valence-electron chi connectivity index (χ4n) is 1.52. The topological polar surface area (TPSA) is 89.3 Å². The van der Waals surface area contributed by atoms with Crippen LogP contribution in [0.2, 0.25) is 0 Å². The third-order valence-corrected chi connectivity index (χ3v) is 4.57. The molecule has 0 saturated carbocycles. The standard InChI is InChI=1S/C12H8BrFN2O4S/c13-11-7-9(16(17)18)3-6-12(11)15-21(19,20)10-4-1-8(14)2-5-10/h1-7,15H. The van der Waals surface area contributed by atoms with Gasteiger partial charge in [-0.2, -0.15) is 0 Å². The highest BCUT2D eigenvalue weighted by Gasteiger charge is 2.17. The Hall–Kier alpha value is -2.00. The van der Waals surface area contributed by atoms with Gasteiger partial charge in [0.05, 0.1) is 15.5 Å². The van der Waals surface area contributed by atoms with Crippen LogP contribution in [0.25, 0.3) is 0 Å². The van der Waals surface area contributed by atoms with Crippen LogP contribution in [0.5, 0.6) is 0 Å². The van der Waals surface area contributed by atoms with E-state index < -0.39 is 20.8 Å². The number of anilines is 1. The van der Waals surface area contributed by atoms with Crippen LogP contribution in [0, 0.1) is 15.9 Å². The van der Waals surface area contributed by atoms with Gasteiger partial charge < -0.3 is 0 Å². The predicted octanol–water partition coefficient (Wildman–Crippen LogP) is 3.30. The van der Waals surface area contributed by atoms with Crippen LogP contribution in [0.15, 0.2) is 51.8 Å². The maximum absolute atomic E-state index is 12.8. The average Bonchev–Trinajstić information content (AvgIpc) is 2.41. The lowest BCUT2D eigenvalue weighted by Crippen LogP contribution is -2.13. The van der Waals surface area contributed by atoms with Gasteiger partial charge in [0, 0.05) is 16.6 Å². The molecule has 2 rings (SSSR count). The van der Waals surface area contributed by atoms with Gasteiger partial charge in [0.1, 0.15) is 5.82 Å². The number of halogens is 2. The van der Waals surface area contributed by atoms with Crippen molar-refractivity contribution >= 4 is 37.3 Å². The molecule has 0 radical (unpaired) electrons. The zero-order chi connectivity index (χ0) is 15.6. The third-order valence-electron chi connectivity index (χ3n) is 2.53. The highest BCUT2D eigenvalue weighted by molar-refractivity contribution is 9.10. The second-order valence-electron chi connectivity index (χ2n) is 3.98. The summed E-state index contributed by atoms with van der Waals surface area (Å²) in [6.45, 7) is 0. The van der Waals surface area contributed by atoms with Crippen LogP contribution in [-0.4, -0.2) is 13.3 Å². The fourth-order valence-corrected chi connectivity index (χ4v) is 3.19. The summed E-state index contributed by atoms with van der Waals surface area (Å²) >= 11 is 3.06. The summed E-state index contributed by atoms with van der Waals surface area (Å²) in [5, 5.41) is 10.6. The van der Waals surface area contributed by atoms with E-state index in [1.807, 2.05) is 0 Å². The van der Waals surface area contributed by atoms with E-state index in [1.54, 1.807) is 0 Å². The monoisotopic (exact) mass is 374 g/mol. The van der Waals surface area contributed by atoms with E-state index in [2.05, 4.69) is 20.7 Å². The Kier molecular flexibility index (Phi) is 4.24. The molecule has 0 spiro atoms. The van der Waals surface area contributed by atoms with Crippen molar-refractivity contribution in [2.45, 2.75) is 4.90 Å². The van der Waals surface area contributed by atoms with Crippen LogP contribution >= 0.6 is 15.9 Å². The Labute approximate surface area is 127 Å². The number of sulfonamides is 1. The number of benzene rings is 2. The molecule has 21 heavy (non-hydrogen) atoms. The number of hydrogen-bond donors (Lipinski definition) is 1. The summed E-state index contributed by atoms with van der Waals surface area (Å²) in [5.74, 6) is -0.550. The number of nitrogens with zero attached hydrogens (tertiary/aromatic N) is 1. The number of nitrogens with one attached hydrogen (secondary N) is 1. The maximum atomic E-state index is 12.8. The molecule has 0 aliphatic carbocycles. The number of hydrogen-bond acceptors (Lipinski definition) is 4. The number of nitro groups is 1. The first-order valence-corrected chi connectivity index (χ1v) is 7.79. The lowest BCUT2D eigenvalue weighted by atomic mass is 10.3. The Balaban J connectivity index is 2.32. The van der Waals surface area contributed by atoms with Gasteiger partial charge in [0.25, 0.3) is 15.7 Å². The molecule has 0 saturated heterocycles. The van der Waals surface area contributed by atoms with Gasteiger partial charge in [0.15, 0.2) is 0 Å². The second kappa shape index (κ2) is 5.78. The SMILES string of the molecule is O=[N+]([O-])c1ccc(NS(=O)(=O)c2ccc(F)cc2)c(Br)c1. The quantitative estimate of drug-likeness (QED) is 0.656. The van der Waals surface area contributed by atoms with E-state index in [1.165, 1.54) is 18.2 Å². The smallest absolute Gasteiger partial charge is 0.270 e. The minimum absolute atomic E-state index is 0.117. The van der Waals surface area contributed by atoms with E-state index in [4.69, 9.17) is 0 Å². The molecule has 9 heteroatoms. The van der Waals surface area contributed by atoms with Crippen molar-refractivity contribution in [3.63, 3.8) is 0 Å². The highest BCUT2D eigenvalue weighted by atomic mass is 79.9. The molecule has 6 nitrogen and oxygen atoms in total. The van der Waals surface area contributed by atoms with Crippen LogP contribution in [0.4, 0.5) is 15.8 Å². The largest absolute Gasteiger partial charge is 0.278 e. The molecule has 0 heterocycles. The molecule has 2 aromatic carbocycles. The summed E-state index contributed by atoms with van der Waals surface area (Å²) in [6.07, 6.45) is 0. The van der Waals surface area contributed by atoms with E-state index in [-0.39, 0.29) is 20.7 Å². The van der Waals surface area contributed by atoms with E-state index in [0.717, 1.165) is 24.3 Å². The molecule has 110 valence electrons. The number of non-ortho nitro benzene ring substituents is 1. The van der Waals surface area contributed by atoms with Crippen LogP contribution < -0.4 is 4.72 Å². The van der Waals surface area contributed by atoms with Gasteiger partial charge in [-0.15, -0.1) is 0 Å². The summed E-state index contributed by atoms with van der Waals surface area (Å²) in [5.41, 5.74) is -0.0310. The van der Waals surface area contributed by atoms with Crippen molar-refractivity contribution in [2.75, 3.05) is 4.72 Å². The van der Waals surface area contributed by atoms with Crippen molar-refractivity contribution in [1.29, 1.82) is 0 Å². The normalized spacial score (nSPS) is 11.1. The zero-order valence-corrected chi connectivity index (χ0v) is 12.7. The molecule has 0 fully saturated rings. The Morgan fingerprint density at radius 3 is 2.29 bits per heavy atom. The second-order valence-corrected chi connectivity index (χ2v) is 6.52. The molecular formula is C12H8BrFN2O4S. The van der Waals surface area contributed by atoms with Gasteiger partial charge in [0.2, 0.25) is 0 Å². The fraction of sp³-hybridized carbons (Fsp3) is 0. The first-order chi connectivity index (χ1) is 9.79. The number of rotatable bonds is 4. The van der Waals surface area contributed by atoms with Crippen LogP contribution in [0.3, 0.4) is 0 Å². The van der Waals surface area contributed by atoms with Gasteiger partial charge in [-0.05, 0) is 46.3 Å². The van der Waals surface area contributed by atoms with Crippen molar-refractivity contribution in [2.24, 2.45) is 0 Å². The Morgan fingerprint density at radius 1 is 1.14 bits per heavy atom. The molecule has 1 N–H and O–H groups in total. The maximum Gasteiger partial charge on any atom is 0.270 e. The van der Waals surface area contributed by atoms with Crippen molar-refractivity contribution in [3.05, 3.63) is 62.9 Å². The summed E-state index contributed by atoms with van der Waals surface area (Å²) in [6, 6.07) is 7.92. The van der Waals surface area contributed by atoms with Crippen molar-refractivity contribution in [3.8, 4) is 0 Å². The number of nitro benzene ring substituents is 1. The molecule has 0 unspecified atom stereocenters. The molecule has 0 aliphatic rings. The Morgan fingerprint density at radius 2 is 1.76 bits per heavy atom. The van der Waals surface area contributed by atoms with Crippen molar-refractivity contribution < 1.29 is 17.7 Å². The Bertz CT molecular complexity index is 793. The first-order valence-electron chi connectivity index (χ1n) is 5.52. The average molecular weight is 375 g/mol. The lowest BCUT2D eigenvalue weighted by Gasteiger charge is -2.09. The molecule has 0 atom stereocenters. The van der Waals surface area contributed by atoms with Gasteiger partial charge in [-0.1, -0.05) is 0 Å². The minimum Gasteiger partial charge on any atom is -0.278 e. The summed E-state index contributed by atoms with van der Waals surface area (Å²) in [4.78, 5) is 9.90. The summed E-state index contributed by atoms with van der Waals surface area (Å²) < 4.78 is 39.5. The highest BCUT2D eigenvalue weighted by Crippen LogP contribution is 2.29.